The summed E-state index contributed by atoms with van der Waals surface area (Å²) in [5.74, 6) is 2.50. The van der Waals surface area contributed by atoms with E-state index in [1.54, 1.807) is 6.20 Å². The number of aromatic nitrogens is 1. The first-order valence-corrected chi connectivity index (χ1v) is 6.22. The lowest BCUT2D eigenvalue weighted by Gasteiger charge is -2.08. The monoisotopic (exact) mass is 242 g/mol. The highest BCUT2D eigenvalue weighted by Gasteiger charge is 2.00. The third-order valence-electron chi connectivity index (χ3n) is 2.51. The zero-order chi connectivity index (χ0) is 12.8. The first-order chi connectivity index (χ1) is 8.78. The van der Waals surface area contributed by atoms with Gasteiger partial charge < -0.3 is 10.1 Å². The molecule has 0 saturated carbocycles. The van der Waals surface area contributed by atoms with Gasteiger partial charge in [0.25, 0.3) is 0 Å². The van der Waals surface area contributed by atoms with Crippen molar-refractivity contribution in [1.29, 1.82) is 0 Å². The fourth-order valence-electron chi connectivity index (χ4n) is 1.64. The molecule has 0 amide bonds. The summed E-state index contributed by atoms with van der Waals surface area (Å²) in [6, 6.07) is 11.8. The maximum Gasteiger partial charge on any atom is 0.132 e. The van der Waals surface area contributed by atoms with Crippen LogP contribution in [0.1, 0.15) is 18.9 Å². The lowest BCUT2D eigenvalue weighted by atomic mass is 10.2. The smallest absolute Gasteiger partial charge is 0.132 e. The first-order valence-electron chi connectivity index (χ1n) is 6.22. The zero-order valence-electron chi connectivity index (χ0n) is 10.8. The number of hydrogen-bond donors (Lipinski definition) is 1. The maximum absolute atomic E-state index is 5.80. The van der Waals surface area contributed by atoms with Crippen molar-refractivity contribution in [3.8, 4) is 11.5 Å². The molecule has 2 aromatic rings. The van der Waals surface area contributed by atoms with Crippen LogP contribution in [0.3, 0.4) is 0 Å². The molecule has 0 aliphatic carbocycles. The van der Waals surface area contributed by atoms with Crippen LogP contribution in [0.25, 0.3) is 0 Å². The van der Waals surface area contributed by atoms with Crippen molar-refractivity contribution in [3.05, 3.63) is 48.2 Å². The van der Waals surface area contributed by atoms with E-state index in [0.29, 0.717) is 0 Å². The van der Waals surface area contributed by atoms with Crippen LogP contribution in [0.15, 0.2) is 42.6 Å². The van der Waals surface area contributed by atoms with Crippen molar-refractivity contribution >= 4 is 5.82 Å². The molecular formula is C15H18N2O. The summed E-state index contributed by atoms with van der Waals surface area (Å²) in [5, 5.41) is 3.24. The molecule has 0 radical (unpaired) electrons. The number of pyridine rings is 1. The van der Waals surface area contributed by atoms with Crippen LogP contribution in [-0.4, -0.2) is 11.5 Å². The van der Waals surface area contributed by atoms with Gasteiger partial charge >= 0.3 is 0 Å². The second kappa shape index (κ2) is 6.05. The van der Waals surface area contributed by atoms with Crippen LogP contribution in [0.4, 0.5) is 5.82 Å². The Morgan fingerprint density at radius 1 is 1.17 bits per heavy atom. The third-order valence-corrected chi connectivity index (χ3v) is 2.51. The standard InChI is InChI=1S/C15H18N2O/c1-3-8-16-15-11-14(7-9-17-15)18-13-6-4-5-12(2)10-13/h4-7,9-11H,3,8H2,1-2H3,(H,16,17). The van der Waals surface area contributed by atoms with E-state index in [1.165, 1.54) is 5.56 Å². The van der Waals surface area contributed by atoms with Gasteiger partial charge in [-0.3, -0.25) is 0 Å². The minimum atomic E-state index is 0.800. The molecule has 0 saturated heterocycles. The van der Waals surface area contributed by atoms with Gasteiger partial charge in [-0.1, -0.05) is 19.1 Å². The van der Waals surface area contributed by atoms with Gasteiger partial charge in [-0.2, -0.15) is 0 Å². The molecule has 0 unspecified atom stereocenters. The molecule has 1 heterocycles. The van der Waals surface area contributed by atoms with E-state index in [4.69, 9.17) is 4.74 Å². The van der Waals surface area contributed by atoms with E-state index in [0.717, 1.165) is 30.3 Å². The third kappa shape index (κ3) is 3.48. The molecule has 1 aromatic carbocycles. The Morgan fingerprint density at radius 3 is 2.78 bits per heavy atom. The number of anilines is 1. The predicted octanol–water partition coefficient (Wildman–Crippen LogP) is 4.00. The highest BCUT2D eigenvalue weighted by molar-refractivity contribution is 5.42. The van der Waals surface area contributed by atoms with Gasteiger partial charge in [0, 0.05) is 18.8 Å². The molecule has 0 spiro atoms. The number of nitrogens with one attached hydrogen (secondary N) is 1. The highest BCUT2D eigenvalue weighted by atomic mass is 16.5. The van der Waals surface area contributed by atoms with E-state index in [-0.39, 0.29) is 0 Å². The summed E-state index contributed by atoms with van der Waals surface area (Å²) in [4.78, 5) is 4.24. The fourth-order valence-corrected chi connectivity index (χ4v) is 1.64. The Hall–Kier alpha value is -2.03. The van der Waals surface area contributed by atoms with Gasteiger partial charge in [0.05, 0.1) is 0 Å². The molecule has 3 heteroatoms. The van der Waals surface area contributed by atoms with Crippen molar-refractivity contribution in [3.63, 3.8) is 0 Å². The molecule has 1 aromatic heterocycles. The number of benzene rings is 1. The van der Waals surface area contributed by atoms with Gasteiger partial charge in [0.2, 0.25) is 0 Å². The number of aryl methyl sites for hydroxylation is 1. The average molecular weight is 242 g/mol. The molecule has 1 N–H and O–H groups in total. The van der Waals surface area contributed by atoms with Gasteiger partial charge in [-0.05, 0) is 37.1 Å². The first kappa shape index (κ1) is 12.4. The molecule has 0 fully saturated rings. The largest absolute Gasteiger partial charge is 0.457 e. The molecule has 0 aliphatic rings. The van der Waals surface area contributed by atoms with Gasteiger partial charge in [0.15, 0.2) is 0 Å². The lowest BCUT2D eigenvalue weighted by molar-refractivity contribution is 0.482. The molecule has 94 valence electrons. The number of rotatable bonds is 5. The topological polar surface area (TPSA) is 34.1 Å². The summed E-state index contributed by atoms with van der Waals surface area (Å²) in [6.07, 6.45) is 2.83. The Kier molecular flexibility index (Phi) is 4.18. The quantitative estimate of drug-likeness (QED) is 0.860. The molecule has 2 rings (SSSR count). The summed E-state index contributed by atoms with van der Waals surface area (Å²) in [5.41, 5.74) is 1.19. The van der Waals surface area contributed by atoms with E-state index >= 15 is 0 Å². The summed E-state index contributed by atoms with van der Waals surface area (Å²) < 4.78 is 5.80. The van der Waals surface area contributed by atoms with Crippen molar-refractivity contribution in [2.24, 2.45) is 0 Å². The molecule has 0 aliphatic heterocycles. The Balaban J connectivity index is 2.09. The van der Waals surface area contributed by atoms with Crippen molar-refractivity contribution in [1.82, 2.24) is 4.98 Å². The highest BCUT2D eigenvalue weighted by Crippen LogP contribution is 2.23. The zero-order valence-corrected chi connectivity index (χ0v) is 10.8. The average Bonchev–Trinajstić information content (AvgIpc) is 2.37. The minimum absolute atomic E-state index is 0.800. The Labute approximate surface area is 108 Å². The van der Waals surface area contributed by atoms with Crippen LogP contribution >= 0.6 is 0 Å². The van der Waals surface area contributed by atoms with Crippen molar-refractivity contribution < 1.29 is 4.74 Å². The predicted molar refractivity (Wildman–Crippen MR) is 74.3 cm³/mol. The summed E-state index contributed by atoms with van der Waals surface area (Å²) >= 11 is 0. The van der Waals surface area contributed by atoms with E-state index in [2.05, 4.69) is 17.2 Å². The molecule has 3 nitrogen and oxygen atoms in total. The number of hydrogen-bond acceptors (Lipinski definition) is 3. The van der Waals surface area contributed by atoms with E-state index < -0.39 is 0 Å². The molecule has 0 atom stereocenters. The fraction of sp³-hybridized carbons (Fsp3) is 0.267. The van der Waals surface area contributed by atoms with Crippen LogP contribution in [0, 0.1) is 6.92 Å². The second-order valence-corrected chi connectivity index (χ2v) is 4.22. The molecular weight excluding hydrogens is 224 g/mol. The second-order valence-electron chi connectivity index (χ2n) is 4.22. The van der Waals surface area contributed by atoms with Crippen LogP contribution < -0.4 is 10.1 Å². The Bertz CT molecular complexity index is 511. The van der Waals surface area contributed by atoms with Gasteiger partial charge in [-0.25, -0.2) is 4.98 Å². The number of nitrogens with zero attached hydrogens (tertiary/aromatic N) is 1. The molecule has 18 heavy (non-hydrogen) atoms. The van der Waals surface area contributed by atoms with Gasteiger partial charge in [0.1, 0.15) is 17.3 Å². The van der Waals surface area contributed by atoms with Gasteiger partial charge in [-0.15, -0.1) is 0 Å². The molecule has 0 bridgehead atoms. The maximum atomic E-state index is 5.80. The van der Waals surface area contributed by atoms with Crippen LogP contribution in [0.5, 0.6) is 11.5 Å². The lowest BCUT2D eigenvalue weighted by Crippen LogP contribution is -2.01. The SMILES string of the molecule is CCCNc1cc(Oc2cccc(C)c2)ccn1. The van der Waals surface area contributed by atoms with Crippen LogP contribution in [-0.2, 0) is 0 Å². The van der Waals surface area contributed by atoms with E-state index in [1.807, 2.05) is 43.3 Å². The normalized spacial score (nSPS) is 10.1. The van der Waals surface area contributed by atoms with Crippen LogP contribution in [0.2, 0.25) is 0 Å². The van der Waals surface area contributed by atoms with E-state index in [9.17, 15) is 0 Å². The summed E-state index contributed by atoms with van der Waals surface area (Å²) in [7, 11) is 0. The summed E-state index contributed by atoms with van der Waals surface area (Å²) in [6.45, 7) is 5.09. The van der Waals surface area contributed by atoms with Crippen molar-refractivity contribution in [2.45, 2.75) is 20.3 Å². The number of ether oxygens (including phenoxy) is 1. The Morgan fingerprint density at radius 2 is 2.00 bits per heavy atom. The minimum Gasteiger partial charge on any atom is -0.457 e. The van der Waals surface area contributed by atoms with Crippen molar-refractivity contribution in [2.75, 3.05) is 11.9 Å².